The minimum Gasteiger partial charge on any atom is -0.486 e. The number of H-pyrrole nitrogens is 1. The molecule has 1 aliphatic rings. The van der Waals surface area contributed by atoms with Crippen molar-refractivity contribution in [2.24, 2.45) is 0 Å². The molecule has 1 aromatic carbocycles. The fraction of sp³-hybridized carbons (Fsp3) is 0.333. The first kappa shape index (κ1) is 19.4. The molecule has 1 fully saturated rings. The summed E-state index contributed by atoms with van der Waals surface area (Å²) >= 11 is 6.23. The van der Waals surface area contributed by atoms with Crippen LogP contribution in [-0.4, -0.2) is 26.9 Å². The second-order valence-corrected chi connectivity index (χ2v) is 7.55. The lowest BCUT2D eigenvalue weighted by Gasteiger charge is -2.23. The lowest BCUT2D eigenvalue weighted by Crippen LogP contribution is -2.36. The number of carbonyl (C=O) groups excluding carboxylic acids is 1. The highest BCUT2D eigenvalue weighted by Crippen LogP contribution is 2.24. The maximum atomic E-state index is 12.6. The standard InChI is InChI=1S/C21H21ClN4O3/c22-17-7-6-14(10-16(17)21(28)24-13-4-2-1-3-5-13)29-12-19-25-18-11-23-9-8-15(18)20(27)26-19/h6-11,13H,1-5,12H2,(H,24,28)(H,25,26,27). The van der Waals surface area contributed by atoms with E-state index in [2.05, 4.69) is 20.3 Å². The summed E-state index contributed by atoms with van der Waals surface area (Å²) in [7, 11) is 0. The van der Waals surface area contributed by atoms with Crippen molar-refractivity contribution in [3.8, 4) is 5.75 Å². The number of halogens is 1. The van der Waals surface area contributed by atoms with E-state index in [9.17, 15) is 9.59 Å². The SMILES string of the molecule is O=C(NC1CCCCC1)c1cc(OCc2nc3cnccc3c(=O)[nH]2)ccc1Cl. The van der Waals surface area contributed by atoms with Crippen LogP contribution in [0.3, 0.4) is 0 Å². The molecular weight excluding hydrogens is 392 g/mol. The Morgan fingerprint density at radius 2 is 2.07 bits per heavy atom. The van der Waals surface area contributed by atoms with Crippen molar-refractivity contribution in [1.82, 2.24) is 20.3 Å². The van der Waals surface area contributed by atoms with Crippen molar-refractivity contribution >= 4 is 28.4 Å². The molecule has 0 unspecified atom stereocenters. The zero-order valence-electron chi connectivity index (χ0n) is 15.8. The Hall–Kier alpha value is -2.93. The van der Waals surface area contributed by atoms with E-state index >= 15 is 0 Å². The molecule has 0 aliphatic heterocycles. The predicted molar refractivity (Wildman–Crippen MR) is 110 cm³/mol. The smallest absolute Gasteiger partial charge is 0.258 e. The topological polar surface area (TPSA) is 97.0 Å². The number of amides is 1. The number of pyridine rings is 1. The van der Waals surface area contributed by atoms with Crippen molar-refractivity contribution in [2.45, 2.75) is 44.8 Å². The summed E-state index contributed by atoms with van der Waals surface area (Å²) in [5.74, 6) is 0.645. The Kier molecular flexibility index (Phi) is 5.76. The van der Waals surface area contributed by atoms with Gasteiger partial charge < -0.3 is 15.0 Å². The molecular formula is C21H21ClN4O3. The van der Waals surface area contributed by atoms with Gasteiger partial charge in [0.2, 0.25) is 0 Å². The number of nitrogens with one attached hydrogen (secondary N) is 2. The fourth-order valence-electron chi connectivity index (χ4n) is 3.54. The van der Waals surface area contributed by atoms with E-state index in [0.717, 1.165) is 25.7 Å². The van der Waals surface area contributed by atoms with E-state index in [1.54, 1.807) is 30.5 Å². The Bertz CT molecular complexity index is 1090. The Labute approximate surface area is 172 Å². The molecule has 0 radical (unpaired) electrons. The molecule has 2 aromatic heterocycles. The van der Waals surface area contributed by atoms with Crippen LogP contribution in [0.4, 0.5) is 0 Å². The van der Waals surface area contributed by atoms with Crippen LogP contribution >= 0.6 is 11.6 Å². The molecule has 3 aromatic rings. The second kappa shape index (κ2) is 8.61. The highest BCUT2D eigenvalue weighted by atomic mass is 35.5. The molecule has 1 amide bonds. The normalized spacial score (nSPS) is 14.7. The largest absolute Gasteiger partial charge is 0.486 e. The van der Waals surface area contributed by atoms with Crippen LogP contribution in [0.2, 0.25) is 5.02 Å². The molecule has 0 spiro atoms. The molecule has 7 nitrogen and oxygen atoms in total. The number of ether oxygens (including phenoxy) is 1. The van der Waals surface area contributed by atoms with Crippen molar-refractivity contribution in [3.63, 3.8) is 0 Å². The van der Waals surface area contributed by atoms with Crippen LogP contribution in [0.25, 0.3) is 10.9 Å². The molecule has 8 heteroatoms. The number of hydrogen-bond acceptors (Lipinski definition) is 5. The summed E-state index contributed by atoms with van der Waals surface area (Å²) in [5, 5.41) is 3.90. The quantitative estimate of drug-likeness (QED) is 0.667. The summed E-state index contributed by atoms with van der Waals surface area (Å²) < 4.78 is 5.74. The fourth-order valence-corrected chi connectivity index (χ4v) is 3.74. The van der Waals surface area contributed by atoms with Gasteiger partial charge in [0.25, 0.3) is 11.5 Å². The average molecular weight is 413 g/mol. The van der Waals surface area contributed by atoms with E-state index in [-0.39, 0.29) is 24.1 Å². The molecule has 0 saturated heterocycles. The van der Waals surface area contributed by atoms with E-state index in [0.29, 0.717) is 33.1 Å². The van der Waals surface area contributed by atoms with Crippen LogP contribution in [0.15, 0.2) is 41.5 Å². The molecule has 1 saturated carbocycles. The average Bonchev–Trinajstić information content (AvgIpc) is 2.74. The van der Waals surface area contributed by atoms with Gasteiger partial charge in [0.15, 0.2) is 0 Å². The number of fused-ring (bicyclic) bond motifs is 1. The third-order valence-electron chi connectivity index (χ3n) is 5.06. The Balaban J connectivity index is 1.47. The summed E-state index contributed by atoms with van der Waals surface area (Å²) in [6.07, 6.45) is 8.55. The van der Waals surface area contributed by atoms with Crippen LogP contribution in [0.5, 0.6) is 5.75 Å². The number of carbonyl (C=O) groups is 1. The maximum absolute atomic E-state index is 12.6. The van der Waals surface area contributed by atoms with Gasteiger partial charge in [-0.2, -0.15) is 0 Å². The van der Waals surface area contributed by atoms with Gasteiger partial charge in [-0.3, -0.25) is 14.6 Å². The predicted octanol–water partition coefficient (Wildman–Crippen LogP) is 3.61. The molecule has 4 rings (SSSR count). The second-order valence-electron chi connectivity index (χ2n) is 7.14. The summed E-state index contributed by atoms with van der Waals surface area (Å²) in [4.78, 5) is 35.8. The third kappa shape index (κ3) is 4.56. The van der Waals surface area contributed by atoms with Gasteiger partial charge >= 0.3 is 0 Å². The number of rotatable bonds is 5. The van der Waals surface area contributed by atoms with Gasteiger partial charge in [0.05, 0.1) is 27.7 Å². The van der Waals surface area contributed by atoms with Gasteiger partial charge in [0.1, 0.15) is 18.2 Å². The van der Waals surface area contributed by atoms with Crippen LogP contribution in [0, 0.1) is 0 Å². The Morgan fingerprint density at radius 3 is 2.90 bits per heavy atom. The van der Waals surface area contributed by atoms with Crippen molar-refractivity contribution in [2.75, 3.05) is 0 Å². The van der Waals surface area contributed by atoms with E-state index in [4.69, 9.17) is 16.3 Å². The van der Waals surface area contributed by atoms with Crippen molar-refractivity contribution < 1.29 is 9.53 Å². The molecule has 0 bridgehead atoms. The molecule has 150 valence electrons. The molecule has 2 heterocycles. The molecule has 0 atom stereocenters. The molecule has 1 aliphatic carbocycles. The first-order chi connectivity index (χ1) is 14.1. The minimum atomic E-state index is -0.250. The Morgan fingerprint density at radius 1 is 1.24 bits per heavy atom. The number of aromatic amines is 1. The van der Waals surface area contributed by atoms with Gasteiger partial charge in [-0.25, -0.2) is 4.98 Å². The van der Waals surface area contributed by atoms with Gasteiger partial charge in [-0.05, 0) is 37.1 Å². The van der Waals surface area contributed by atoms with Crippen molar-refractivity contribution in [1.29, 1.82) is 0 Å². The zero-order chi connectivity index (χ0) is 20.2. The molecule has 29 heavy (non-hydrogen) atoms. The maximum Gasteiger partial charge on any atom is 0.258 e. The van der Waals surface area contributed by atoms with Gasteiger partial charge in [-0.15, -0.1) is 0 Å². The lowest BCUT2D eigenvalue weighted by atomic mass is 9.95. The summed E-state index contributed by atoms with van der Waals surface area (Å²) in [6.45, 7) is 0.0470. The van der Waals surface area contributed by atoms with E-state index in [1.165, 1.54) is 12.6 Å². The van der Waals surface area contributed by atoms with E-state index < -0.39 is 0 Å². The lowest BCUT2D eigenvalue weighted by molar-refractivity contribution is 0.0927. The molecule has 2 N–H and O–H groups in total. The number of hydrogen-bond donors (Lipinski definition) is 2. The van der Waals surface area contributed by atoms with Gasteiger partial charge in [0, 0.05) is 12.2 Å². The number of benzene rings is 1. The third-order valence-corrected chi connectivity index (χ3v) is 5.39. The highest BCUT2D eigenvalue weighted by Gasteiger charge is 2.19. The highest BCUT2D eigenvalue weighted by molar-refractivity contribution is 6.33. The van der Waals surface area contributed by atoms with Crippen LogP contribution < -0.4 is 15.6 Å². The van der Waals surface area contributed by atoms with Gasteiger partial charge in [-0.1, -0.05) is 30.9 Å². The number of aromatic nitrogens is 3. The minimum absolute atomic E-state index is 0.0470. The van der Waals surface area contributed by atoms with Crippen LogP contribution in [0.1, 0.15) is 48.3 Å². The first-order valence-electron chi connectivity index (χ1n) is 9.66. The van der Waals surface area contributed by atoms with Crippen molar-refractivity contribution in [3.05, 3.63) is 63.4 Å². The monoisotopic (exact) mass is 412 g/mol. The summed E-state index contributed by atoms with van der Waals surface area (Å²) in [5.41, 5.74) is 0.622. The number of nitrogens with zero attached hydrogens (tertiary/aromatic N) is 2. The van der Waals surface area contributed by atoms with E-state index in [1.807, 2.05) is 0 Å². The summed E-state index contributed by atoms with van der Waals surface area (Å²) in [6, 6.07) is 6.73. The van der Waals surface area contributed by atoms with Crippen LogP contribution in [-0.2, 0) is 6.61 Å². The first-order valence-corrected chi connectivity index (χ1v) is 10.0. The zero-order valence-corrected chi connectivity index (χ0v) is 16.5.